The van der Waals surface area contributed by atoms with Crippen LogP contribution in [-0.4, -0.2) is 17.3 Å². The molecule has 0 radical (unpaired) electrons. The van der Waals surface area contributed by atoms with E-state index in [2.05, 4.69) is 6.08 Å². The summed E-state index contributed by atoms with van der Waals surface area (Å²) in [5, 5.41) is 0. The van der Waals surface area contributed by atoms with Crippen LogP contribution in [0, 0.1) is 0 Å². The number of carbonyl (C=O) groups is 1. The highest BCUT2D eigenvalue weighted by atomic mass is 32.2. The highest BCUT2D eigenvalue weighted by Crippen LogP contribution is 2.46. The van der Waals surface area contributed by atoms with Gasteiger partial charge < -0.3 is 4.74 Å². The van der Waals surface area contributed by atoms with Crippen LogP contribution in [-0.2, 0) is 9.53 Å². The van der Waals surface area contributed by atoms with Gasteiger partial charge in [-0.25, -0.2) is 0 Å². The first-order chi connectivity index (χ1) is 7.60. The summed E-state index contributed by atoms with van der Waals surface area (Å²) in [6.07, 6.45) is 2.08. The van der Waals surface area contributed by atoms with Crippen LogP contribution in [0.2, 0.25) is 0 Å². The van der Waals surface area contributed by atoms with E-state index in [1.807, 2.05) is 37.3 Å². The van der Waals surface area contributed by atoms with Crippen LogP contribution in [0.5, 0.6) is 0 Å². The molecule has 1 aliphatic heterocycles. The maximum atomic E-state index is 11.0. The third-order valence-corrected chi connectivity index (χ3v) is 4.05. The van der Waals surface area contributed by atoms with Gasteiger partial charge in [0, 0.05) is 17.6 Å². The Labute approximate surface area is 99.7 Å². The lowest BCUT2D eigenvalue weighted by Crippen LogP contribution is -2.42. The second kappa shape index (κ2) is 4.34. The average Bonchev–Trinajstić information content (AvgIpc) is 2.25. The van der Waals surface area contributed by atoms with Gasteiger partial charge >= 0.3 is 5.97 Å². The third-order valence-electron chi connectivity index (χ3n) is 2.49. The minimum atomic E-state index is -0.410. The van der Waals surface area contributed by atoms with Crippen LogP contribution in [0.3, 0.4) is 0 Å². The van der Waals surface area contributed by atoms with Gasteiger partial charge in [-0.05, 0) is 18.6 Å². The zero-order chi connectivity index (χ0) is 11.6. The van der Waals surface area contributed by atoms with Crippen molar-refractivity contribution in [1.82, 2.24) is 0 Å². The van der Waals surface area contributed by atoms with Crippen LogP contribution in [0.15, 0.2) is 35.2 Å². The van der Waals surface area contributed by atoms with Gasteiger partial charge in [-0.2, -0.15) is 0 Å². The van der Waals surface area contributed by atoms with Crippen molar-refractivity contribution in [3.8, 4) is 0 Å². The maximum absolute atomic E-state index is 11.0. The molecule has 1 heterocycles. The monoisotopic (exact) mass is 234 g/mol. The molecule has 1 unspecified atom stereocenters. The molecule has 84 valence electrons. The molecule has 1 aromatic rings. The predicted octanol–water partition coefficient (Wildman–Crippen LogP) is 3.10. The molecule has 0 bridgehead atoms. The lowest BCUT2D eigenvalue weighted by Gasteiger charge is -2.39. The van der Waals surface area contributed by atoms with E-state index >= 15 is 0 Å². The minimum absolute atomic E-state index is 0.221. The third kappa shape index (κ3) is 2.30. The smallest absolute Gasteiger partial charge is 0.303 e. The number of benzene rings is 1. The van der Waals surface area contributed by atoms with Crippen LogP contribution < -0.4 is 0 Å². The zero-order valence-electron chi connectivity index (χ0n) is 9.40. The fourth-order valence-corrected chi connectivity index (χ4v) is 2.69. The zero-order valence-corrected chi connectivity index (χ0v) is 10.2. The molecule has 2 rings (SSSR count). The van der Waals surface area contributed by atoms with Gasteiger partial charge in [-0.15, -0.1) is 11.8 Å². The quantitative estimate of drug-likeness (QED) is 0.735. The molecule has 16 heavy (non-hydrogen) atoms. The molecular weight excluding hydrogens is 220 g/mol. The Morgan fingerprint density at radius 2 is 2.12 bits per heavy atom. The van der Waals surface area contributed by atoms with Gasteiger partial charge in [0.05, 0.1) is 0 Å². The van der Waals surface area contributed by atoms with Crippen molar-refractivity contribution >= 4 is 23.8 Å². The van der Waals surface area contributed by atoms with E-state index in [9.17, 15) is 4.79 Å². The summed E-state index contributed by atoms with van der Waals surface area (Å²) in [7, 11) is 0. The van der Waals surface area contributed by atoms with Crippen LogP contribution >= 0.6 is 11.8 Å². The molecule has 0 aliphatic carbocycles. The van der Waals surface area contributed by atoms with Crippen molar-refractivity contribution in [1.29, 1.82) is 0 Å². The van der Waals surface area contributed by atoms with E-state index in [-0.39, 0.29) is 5.97 Å². The fraction of sp³-hybridized carbons (Fsp3) is 0.308. The van der Waals surface area contributed by atoms with Gasteiger partial charge in [-0.3, -0.25) is 4.79 Å². The van der Waals surface area contributed by atoms with E-state index in [1.54, 1.807) is 11.8 Å². The molecule has 1 atom stereocenters. The van der Waals surface area contributed by atoms with E-state index in [0.29, 0.717) is 0 Å². The summed E-state index contributed by atoms with van der Waals surface area (Å²) in [4.78, 5) is 12.1. The van der Waals surface area contributed by atoms with E-state index < -0.39 is 5.60 Å². The molecule has 1 aromatic carbocycles. The Hall–Kier alpha value is -1.22. The average molecular weight is 234 g/mol. The van der Waals surface area contributed by atoms with Crippen molar-refractivity contribution < 1.29 is 9.53 Å². The maximum Gasteiger partial charge on any atom is 0.303 e. The number of ether oxygens (including phenoxy) is 1. The first kappa shape index (κ1) is 11.3. The molecule has 0 spiro atoms. The minimum Gasteiger partial charge on any atom is -0.453 e. The van der Waals surface area contributed by atoms with Crippen molar-refractivity contribution in [3.05, 3.63) is 40.8 Å². The van der Waals surface area contributed by atoms with Gasteiger partial charge in [-0.1, -0.05) is 30.3 Å². The summed E-state index contributed by atoms with van der Waals surface area (Å²) >= 11 is 1.73. The molecule has 0 saturated carbocycles. The van der Waals surface area contributed by atoms with E-state index in [4.69, 9.17) is 4.74 Å². The largest absolute Gasteiger partial charge is 0.453 e. The molecule has 0 N–H and O–H groups in total. The molecule has 3 heteroatoms. The number of hydrogen-bond donors (Lipinski definition) is 0. The Kier molecular flexibility index (Phi) is 3.06. The highest BCUT2D eigenvalue weighted by molar-refractivity contribution is 8.05. The summed E-state index contributed by atoms with van der Waals surface area (Å²) in [6.45, 7) is 3.41. The standard InChI is InChI=1S/C13H14O2S/c1-10(14)15-13(2)9-16-12(13)8-11-6-4-3-5-7-11/h3-8H,9H2,1-2H3/b12-8-. The van der Waals surface area contributed by atoms with Crippen molar-refractivity contribution in [2.45, 2.75) is 19.4 Å². The topological polar surface area (TPSA) is 26.3 Å². The predicted molar refractivity (Wildman–Crippen MR) is 67.0 cm³/mol. The van der Waals surface area contributed by atoms with Gasteiger partial charge in [0.25, 0.3) is 0 Å². The molecule has 0 amide bonds. The molecule has 0 aromatic heterocycles. The van der Waals surface area contributed by atoms with Crippen LogP contribution in [0.1, 0.15) is 19.4 Å². The van der Waals surface area contributed by atoms with Crippen molar-refractivity contribution in [2.75, 3.05) is 5.75 Å². The fourth-order valence-electron chi connectivity index (χ4n) is 1.65. The highest BCUT2D eigenvalue weighted by Gasteiger charge is 2.41. The van der Waals surface area contributed by atoms with Crippen LogP contribution in [0.4, 0.5) is 0 Å². The summed E-state index contributed by atoms with van der Waals surface area (Å²) in [5.41, 5.74) is 0.731. The molecule has 1 fully saturated rings. The lowest BCUT2D eigenvalue weighted by molar-refractivity contribution is -0.150. The number of thioether (sulfide) groups is 1. The van der Waals surface area contributed by atoms with Gasteiger partial charge in [0.1, 0.15) is 5.60 Å². The SMILES string of the molecule is CC(=O)OC1(C)CS/C1=C\c1ccccc1. The first-order valence-corrected chi connectivity index (χ1v) is 6.18. The number of hydrogen-bond acceptors (Lipinski definition) is 3. The normalized spacial score (nSPS) is 26.2. The van der Waals surface area contributed by atoms with Crippen molar-refractivity contribution in [2.24, 2.45) is 0 Å². The Bertz CT molecular complexity index is 425. The molecule has 1 saturated heterocycles. The Balaban J connectivity index is 2.17. The first-order valence-electron chi connectivity index (χ1n) is 5.20. The van der Waals surface area contributed by atoms with Gasteiger partial charge in [0.15, 0.2) is 0 Å². The van der Waals surface area contributed by atoms with E-state index in [0.717, 1.165) is 16.2 Å². The molecule has 1 aliphatic rings. The Morgan fingerprint density at radius 3 is 2.62 bits per heavy atom. The van der Waals surface area contributed by atoms with Crippen LogP contribution in [0.25, 0.3) is 6.08 Å². The summed E-state index contributed by atoms with van der Waals surface area (Å²) in [6, 6.07) is 10.1. The molecule has 2 nitrogen and oxygen atoms in total. The van der Waals surface area contributed by atoms with Gasteiger partial charge in [0.2, 0.25) is 0 Å². The Morgan fingerprint density at radius 1 is 1.44 bits per heavy atom. The molecular formula is C13H14O2S. The summed E-state index contributed by atoms with van der Waals surface area (Å²) < 4.78 is 5.33. The number of esters is 1. The number of carbonyl (C=O) groups excluding carboxylic acids is 1. The van der Waals surface area contributed by atoms with Crippen molar-refractivity contribution in [3.63, 3.8) is 0 Å². The second-order valence-corrected chi connectivity index (χ2v) is 5.05. The second-order valence-electron chi connectivity index (χ2n) is 4.03. The number of rotatable bonds is 2. The lowest BCUT2D eigenvalue weighted by atomic mass is 10.0. The summed E-state index contributed by atoms with van der Waals surface area (Å²) in [5.74, 6) is 0.618. The van der Waals surface area contributed by atoms with E-state index in [1.165, 1.54) is 6.92 Å².